The van der Waals surface area contributed by atoms with Gasteiger partial charge in [-0.3, -0.25) is 0 Å². The number of alkyl halides is 14. The second-order valence-electron chi connectivity index (χ2n) is 6.60. The van der Waals surface area contributed by atoms with Crippen LogP contribution in [-0.2, 0) is 9.47 Å². The van der Waals surface area contributed by atoms with Gasteiger partial charge in [0.1, 0.15) is 0 Å². The van der Waals surface area contributed by atoms with Gasteiger partial charge in [-0.15, -0.1) is 0 Å². The Balaban J connectivity index is 3.71. The van der Waals surface area contributed by atoms with Gasteiger partial charge in [0.25, 0.3) is 0 Å². The molecule has 0 amide bonds. The molecule has 16 heteroatoms. The highest BCUT2D eigenvalue weighted by Crippen LogP contribution is 2.61. The molecule has 0 aromatic carbocycles. The molecule has 3 unspecified atom stereocenters. The molecule has 1 fully saturated rings. The maximum atomic E-state index is 14.6. The summed E-state index contributed by atoms with van der Waals surface area (Å²) in [6, 6.07) is 0. The molecule has 30 heavy (non-hydrogen) atoms. The van der Waals surface area contributed by atoms with Gasteiger partial charge in [-0.25, -0.2) is 4.39 Å². The van der Waals surface area contributed by atoms with Gasteiger partial charge < -0.3 is 9.47 Å². The monoisotopic (exact) mass is 480 g/mol. The van der Waals surface area contributed by atoms with Crippen LogP contribution in [0.1, 0.15) is 26.7 Å². The van der Waals surface area contributed by atoms with E-state index in [-0.39, 0.29) is 0 Å². The van der Waals surface area contributed by atoms with Crippen molar-refractivity contribution < 1.29 is 70.9 Å². The Bertz CT molecular complexity index is 593. The maximum absolute atomic E-state index is 14.6. The molecule has 0 aromatic heterocycles. The molecule has 0 saturated carbocycles. The molecule has 0 aliphatic carbocycles. The molecule has 2 nitrogen and oxygen atoms in total. The Hall–Kier alpha value is -1.06. The molecule has 1 aliphatic heterocycles. The third-order valence-corrected chi connectivity index (χ3v) is 4.49. The fraction of sp³-hybridized carbons (Fsp3) is 1.00. The molecule has 0 N–H and O–H groups in total. The summed E-state index contributed by atoms with van der Waals surface area (Å²) in [5, 5.41) is 0. The molecule has 180 valence electrons. The summed E-state index contributed by atoms with van der Waals surface area (Å²) in [6.45, 7) is -0.0254. The summed E-state index contributed by atoms with van der Waals surface area (Å²) in [4.78, 5) is 0. The molecule has 1 rings (SSSR count). The Morgan fingerprint density at radius 2 is 1.23 bits per heavy atom. The van der Waals surface area contributed by atoms with E-state index in [1.165, 1.54) is 0 Å². The predicted molar refractivity (Wildman–Crippen MR) is 69.5 cm³/mol. The van der Waals surface area contributed by atoms with Gasteiger partial charge in [-0.2, -0.15) is 57.1 Å². The normalized spacial score (nSPS) is 28.0. The average Bonchev–Trinajstić information content (AvgIpc) is 2.50. The highest BCUT2D eigenvalue weighted by molar-refractivity contribution is 5.11. The van der Waals surface area contributed by atoms with Gasteiger partial charge in [0.2, 0.25) is 5.79 Å². The topological polar surface area (TPSA) is 18.5 Å². The SMILES string of the molecule is CCOC1(C(F)(C(F)(F)F)C(F)(F)F)CC(C(F)(F)C(F)(F)C(F)(F)F)CC(C)O1. The molecule has 0 radical (unpaired) electrons. The first-order chi connectivity index (χ1) is 13.0. The van der Waals surface area contributed by atoms with Crippen molar-refractivity contribution in [3.8, 4) is 0 Å². The van der Waals surface area contributed by atoms with Gasteiger partial charge in [0.05, 0.1) is 6.10 Å². The van der Waals surface area contributed by atoms with E-state index in [4.69, 9.17) is 0 Å². The minimum Gasteiger partial charge on any atom is -0.347 e. The zero-order chi connectivity index (χ0) is 24.2. The van der Waals surface area contributed by atoms with Crippen LogP contribution < -0.4 is 0 Å². The van der Waals surface area contributed by atoms with Crippen molar-refractivity contribution in [2.75, 3.05) is 6.61 Å². The van der Waals surface area contributed by atoms with E-state index in [1.807, 2.05) is 0 Å². The highest BCUT2D eigenvalue weighted by Gasteiger charge is 2.86. The number of hydrogen-bond acceptors (Lipinski definition) is 2. The van der Waals surface area contributed by atoms with Gasteiger partial charge >= 0.3 is 36.0 Å². The van der Waals surface area contributed by atoms with E-state index in [0.717, 1.165) is 0 Å². The summed E-state index contributed by atoms with van der Waals surface area (Å²) in [6.07, 6.45) is -27.1. The van der Waals surface area contributed by atoms with E-state index in [1.54, 1.807) is 0 Å². The smallest absolute Gasteiger partial charge is 0.347 e. The molecule has 0 aromatic rings. The summed E-state index contributed by atoms with van der Waals surface area (Å²) in [5.74, 6) is -21.3. The molecular formula is C14H14F14O2. The van der Waals surface area contributed by atoms with Crippen molar-refractivity contribution >= 4 is 0 Å². The second-order valence-corrected chi connectivity index (χ2v) is 6.60. The first kappa shape index (κ1) is 27.0. The van der Waals surface area contributed by atoms with Gasteiger partial charge in [-0.1, -0.05) is 0 Å². The lowest BCUT2D eigenvalue weighted by molar-refractivity contribution is -0.463. The molecule has 1 heterocycles. The number of ether oxygens (including phenoxy) is 2. The standard InChI is InChI=1S/C14H14F14O2/c1-3-29-8(10(17,12(20,21)22)13(23,24)25)5-7(4-6(2)30-8)9(15,16)11(18,19)14(26,27)28/h6-7H,3-5H2,1-2H3. The minimum atomic E-state index is -6.93. The molecule has 1 saturated heterocycles. The quantitative estimate of drug-likeness (QED) is 0.437. The Labute approximate surface area is 159 Å². The van der Waals surface area contributed by atoms with Crippen molar-refractivity contribution in [1.29, 1.82) is 0 Å². The predicted octanol–water partition coefficient (Wildman–Crippen LogP) is 6.20. The third-order valence-electron chi connectivity index (χ3n) is 4.49. The van der Waals surface area contributed by atoms with Crippen LogP contribution in [0.15, 0.2) is 0 Å². The van der Waals surface area contributed by atoms with Gasteiger partial charge in [0, 0.05) is 18.9 Å². The van der Waals surface area contributed by atoms with Crippen LogP contribution in [0.5, 0.6) is 0 Å². The van der Waals surface area contributed by atoms with Gasteiger partial charge in [-0.05, 0) is 20.3 Å². The van der Waals surface area contributed by atoms with Crippen molar-refractivity contribution in [3.63, 3.8) is 0 Å². The summed E-state index contributed by atoms with van der Waals surface area (Å²) >= 11 is 0. The zero-order valence-electron chi connectivity index (χ0n) is 14.9. The van der Waals surface area contributed by atoms with Crippen LogP contribution in [0.25, 0.3) is 0 Å². The number of halogens is 14. The van der Waals surface area contributed by atoms with Crippen molar-refractivity contribution in [3.05, 3.63) is 0 Å². The first-order valence-electron chi connectivity index (χ1n) is 7.98. The van der Waals surface area contributed by atoms with E-state index in [9.17, 15) is 61.5 Å². The first-order valence-corrected chi connectivity index (χ1v) is 7.98. The van der Waals surface area contributed by atoms with E-state index >= 15 is 0 Å². The largest absolute Gasteiger partial charge is 0.459 e. The van der Waals surface area contributed by atoms with E-state index in [0.29, 0.717) is 13.8 Å². The van der Waals surface area contributed by atoms with Crippen LogP contribution in [0.4, 0.5) is 61.5 Å². The number of rotatable bonds is 5. The molecule has 0 bridgehead atoms. The summed E-state index contributed by atoms with van der Waals surface area (Å²) in [5.41, 5.74) is -6.53. The Morgan fingerprint density at radius 1 is 0.800 bits per heavy atom. The van der Waals surface area contributed by atoms with Crippen LogP contribution in [0.2, 0.25) is 0 Å². The van der Waals surface area contributed by atoms with Crippen molar-refractivity contribution in [1.82, 2.24) is 0 Å². The number of hydrogen-bond donors (Lipinski definition) is 0. The van der Waals surface area contributed by atoms with Crippen LogP contribution in [0, 0.1) is 5.92 Å². The highest BCUT2D eigenvalue weighted by atomic mass is 19.4. The zero-order valence-corrected chi connectivity index (χ0v) is 14.9. The minimum absolute atomic E-state index is 0.495. The van der Waals surface area contributed by atoms with Crippen LogP contribution in [0.3, 0.4) is 0 Å². The fourth-order valence-electron chi connectivity index (χ4n) is 3.19. The van der Waals surface area contributed by atoms with Crippen molar-refractivity contribution in [2.24, 2.45) is 5.92 Å². The van der Waals surface area contributed by atoms with E-state index < -0.39 is 73.3 Å². The van der Waals surface area contributed by atoms with Crippen LogP contribution in [-0.4, -0.2) is 54.5 Å². The lowest BCUT2D eigenvalue weighted by Crippen LogP contribution is -2.73. The maximum Gasteiger partial charge on any atom is 0.459 e. The summed E-state index contributed by atoms with van der Waals surface area (Å²) in [7, 11) is 0. The molecular weight excluding hydrogens is 466 g/mol. The second kappa shape index (κ2) is 7.52. The summed E-state index contributed by atoms with van der Waals surface area (Å²) < 4.78 is 194. The Morgan fingerprint density at radius 3 is 1.57 bits per heavy atom. The lowest BCUT2D eigenvalue weighted by atomic mass is 9.76. The van der Waals surface area contributed by atoms with Crippen molar-refractivity contribution in [2.45, 2.75) is 74.6 Å². The average molecular weight is 480 g/mol. The lowest BCUT2D eigenvalue weighted by Gasteiger charge is -2.52. The Kier molecular flexibility index (Phi) is 6.76. The molecule has 0 spiro atoms. The third kappa shape index (κ3) is 3.93. The van der Waals surface area contributed by atoms with E-state index in [2.05, 4.69) is 9.47 Å². The van der Waals surface area contributed by atoms with Gasteiger partial charge in [0.15, 0.2) is 0 Å². The van der Waals surface area contributed by atoms with Crippen LogP contribution >= 0.6 is 0 Å². The fourth-order valence-corrected chi connectivity index (χ4v) is 3.19. The molecule has 1 aliphatic rings. The molecule has 3 atom stereocenters.